The first kappa shape index (κ1) is 14.0. The van der Waals surface area contributed by atoms with Gasteiger partial charge in [0, 0.05) is 13.1 Å². The lowest BCUT2D eigenvalue weighted by Crippen LogP contribution is -2.24. The summed E-state index contributed by atoms with van der Waals surface area (Å²) in [6, 6.07) is 18.3. The zero-order chi connectivity index (χ0) is 14.5. The van der Waals surface area contributed by atoms with Crippen LogP contribution in [0.2, 0.25) is 0 Å². The molecule has 1 fully saturated rings. The van der Waals surface area contributed by atoms with Gasteiger partial charge in [0.05, 0.1) is 5.69 Å². The van der Waals surface area contributed by atoms with Crippen LogP contribution in [0.15, 0.2) is 54.6 Å². The fourth-order valence-electron chi connectivity index (χ4n) is 2.93. The monoisotopic (exact) mass is 282 g/mol. The minimum Gasteiger partial charge on any atom is -0.455 e. The molecule has 0 amide bonds. The Balaban J connectivity index is 1.77. The maximum atomic E-state index is 6.06. The van der Waals surface area contributed by atoms with Gasteiger partial charge in [-0.05, 0) is 50.2 Å². The van der Waals surface area contributed by atoms with Crippen LogP contribution in [0, 0.1) is 5.92 Å². The van der Waals surface area contributed by atoms with Gasteiger partial charge in [-0.15, -0.1) is 0 Å². The van der Waals surface area contributed by atoms with Gasteiger partial charge in [-0.2, -0.15) is 0 Å². The summed E-state index contributed by atoms with van der Waals surface area (Å²) in [5, 5.41) is 3.28. The highest BCUT2D eigenvalue weighted by atomic mass is 16.5. The van der Waals surface area contributed by atoms with Crippen molar-refractivity contribution < 1.29 is 4.74 Å². The van der Waals surface area contributed by atoms with E-state index in [9.17, 15) is 0 Å². The average molecular weight is 282 g/mol. The molecule has 2 aromatic rings. The quantitative estimate of drug-likeness (QED) is 0.908. The molecule has 2 aromatic carbocycles. The van der Waals surface area contributed by atoms with Gasteiger partial charge in [0.25, 0.3) is 0 Å². The van der Waals surface area contributed by atoms with E-state index in [0.29, 0.717) is 0 Å². The van der Waals surface area contributed by atoms with Crippen molar-refractivity contribution in [2.45, 2.75) is 6.42 Å². The molecular weight excluding hydrogens is 260 g/mol. The smallest absolute Gasteiger partial charge is 0.150 e. The molecule has 1 aliphatic heterocycles. The summed E-state index contributed by atoms with van der Waals surface area (Å²) in [5.74, 6) is 2.55. The molecule has 0 bridgehead atoms. The zero-order valence-electron chi connectivity index (χ0n) is 12.5. The number of benzene rings is 2. The normalized spacial score (nSPS) is 18.0. The van der Waals surface area contributed by atoms with Crippen molar-refractivity contribution in [3.63, 3.8) is 0 Å². The summed E-state index contributed by atoms with van der Waals surface area (Å²) in [6.45, 7) is 3.27. The molecule has 1 atom stereocenters. The van der Waals surface area contributed by atoms with E-state index in [0.717, 1.165) is 37.1 Å². The number of anilines is 1. The van der Waals surface area contributed by atoms with E-state index in [1.807, 2.05) is 49.5 Å². The summed E-state index contributed by atoms with van der Waals surface area (Å²) in [4.78, 5) is 2.43. The van der Waals surface area contributed by atoms with Gasteiger partial charge in [0.2, 0.25) is 0 Å². The predicted octanol–water partition coefficient (Wildman–Crippen LogP) is 3.52. The topological polar surface area (TPSA) is 24.5 Å². The molecule has 0 radical (unpaired) electrons. The number of rotatable bonds is 5. The van der Waals surface area contributed by atoms with Crippen molar-refractivity contribution in [2.24, 2.45) is 5.92 Å². The molecule has 1 heterocycles. The Labute approximate surface area is 126 Å². The van der Waals surface area contributed by atoms with Gasteiger partial charge in [-0.1, -0.05) is 30.3 Å². The minimum atomic E-state index is 0.722. The summed E-state index contributed by atoms with van der Waals surface area (Å²) in [7, 11) is 2.02. The van der Waals surface area contributed by atoms with Gasteiger partial charge in [0.1, 0.15) is 5.75 Å². The fraction of sp³-hybridized carbons (Fsp3) is 0.333. The number of hydrogen-bond donors (Lipinski definition) is 1. The number of nitrogens with zero attached hydrogens (tertiary/aromatic N) is 1. The fourth-order valence-corrected chi connectivity index (χ4v) is 2.93. The maximum Gasteiger partial charge on any atom is 0.150 e. The Morgan fingerprint density at radius 1 is 1.10 bits per heavy atom. The van der Waals surface area contributed by atoms with E-state index in [1.54, 1.807) is 0 Å². The lowest BCUT2D eigenvalue weighted by Gasteiger charge is -2.22. The molecule has 1 aliphatic rings. The van der Waals surface area contributed by atoms with E-state index in [4.69, 9.17) is 4.74 Å². The SMILES string of the molecule is CNCC1CCN(c2ccccc2Oc2ccccc2)C1. The Hall–Kier alpha value is -2.00. The van der Waals surface area contributed by atoms with Gasteiger partial charge in [-0.25, -0.2) is 0 Å². The molecular formula is C18H22N2O. The summed E-state index contributed by atoms with van der Waals surface area (Å²) in [6.07, 6.45) is 1.24. The zero-order valence-corrected chi connectivity index (χ0v) is 12.5. The van der Waals surface area contributed by atoms with E-state index >= 15 is 0 Å². The molecule has 1 saturated heterocycles. The van der Waals surface area contributed by atoms with E-state index < -0.39 is 0 Å². The Bertz CT molecular complexity index is 570. The third-order valence-electron chi connectivity index (χ3n) is 3.96. The van der Waals surface area contributed by atoms with Crippen molar-refractivity contribution in [2.75, 3.05) is 31.6 Å². The first-order chi connectivity index (χ1) is 10.4. The molecule has 0 aromatic heterocycles. The van der Waals surface area contributed by atoms with Gasteiger partial charge < -0.3 is 15.0 Å². The minimum absolute atomic E-state index is 0.722. The largest absolute Gasteiger partial charge is 0.455 e. The molecule has 0 spiro atoms. The highest BCUT2D eigenvalue weighted by Crippen LogP contribution is 2.34. The maximum absolute atomic E-state index is 6.06. The van der Waals surface area contributed by atoms with Crippen LogP contribution in [0.5, 0.6) is 11.5 Å². The van der Waals surface area contributed by atoms with Crippen molar-refractivity contribution in [3.8, 4) is 11.5 Å². The second-order valence-electron chi connectivity index (χ2n) is 5.54. The Morgan fingerprint density at radius 3 is 2.67 bits per heavy atom. The highest BCUT2D eigenvalue weighted by molar-refractivity contribution is 5.60. The first-order valence-corrected chi connectivity index (χ1v) is 7.58. The molecule has 0 aliphatic carbocycles. The summed E-state index contributed by atoms with van der Waals surface area (Å²) >= 11 is 0. The van der Waals surface area contributed by atoms with Crippen molar-refractivity contribution >= 4 is 5.69 Å². The number of ether oxygens (including phenoxy) is 1. The standard InChI is InChI=1S/C18H22N2O/c1-19-13-15-11-12-20(14-15)17-9-5-6-10-18(17)21-16-7-3-2-4-8-16/h2-10,15,19H,11-14H2,1H3. The van der Waals surface area contributed by atoms with Crippen LogP contribution in [-0.2, 0) is 0 Å². The van der Waals surface area contributed by atoms with Gasteiger partial charge >= 0.3 is 0 Å². The molecule has 1 unspecified atom stereocenters. The van der Waals surface area contributed by atoms with Crippen LogP contribution < -0.4 is 15.0 Å². The third-order valence-corrected chi connectivity index (χ3v) is 3.96. The van der Waals surface area contributed by atoms with Crippen LogP contribution >= 0.6 is 0 Å². The summed E-state index contributed by atoms with van der Waals surface area (Å²) < 4.78 is 6.06. The van der Waals surface area contributed by atoms with Crippen LogP contribution in [0.3, 0.4) is 0 Å². The Kier molecular flexibility index (Phi) is 4.41. The number of nitrogens with one attached hydrogen (secondary N) is 1. The lowest BCUT2D eigenvalue weighted by molar-refractivity contribution is 0.481. The first-order valence-electron chi connectivity index (χ1n) is 7.58. The van der Waals surface area contributed by atoms with Crippen LogP contribution in [-0.4, -0.2) is 26.7 Å². The van der Waals surface area contributed by atoms with E-state index in [2.05, 4.69) is 22.3 Å². The van der Waals surface area contributed by atoms with Crippen LogP contribution in [0.1, 0.15) is 6.42 Å². The Morgan fingerprint density at radius 2 is 1.86 bits per heavy atom. The van der Waals surface area contributed by atoms with Gasteiger partial charge in [-0.3, -0.25) is 0 Å². The second-order valence-corrected chi connectivity index (χ2v) is 5.54. The van der Waals surface area contributed by atoms with E-state index in [-0.39, 0.29) is 0 Å². The van der Waals surface area contributed by atoms with Crippen LogP contribution in [0.25, 0.3) is 0 Å². The second kappa shape index (κ2) is 6.64. The molecule has 3 heteroatoms. The third kappa shape index (κ3) is 3.37. The average Bonchev–Trinajstić information content (AvgIpc) is 2.98. The molecule has 1 N–H and O–H groups in total. The molecule has 0 saturated carbocycles. The van der Waals surface area contributed by atoms with Gasteiger partial charge in [0.15, 0.2) is 5.75 Å². The lowest BCUT2D eigenvalue weighted by atomic mass is 10.1. The summed E-state index contributed by atoms with van der Waals surface area (Å²) in [5.41, 5.74) is 1.19. The number of para-hydroxylation sites is 3. The molecule has 3 rings (SSSR count). The highest BCUT2D eigenvalue weighted by Gasteiger charge is 2.24. The predicted molar refractivity (Wildman–Crippen MR) is 87.2 cm³/mol. The molecule has 3 nitrogen and oxygen atoms in total. The number of hydrogen-bond acceptors (Lipinski definition) is 3. The van der Waals surface area contributed by atoms with Crippen molar-refractivity contribution in [1.82, 2.24) is 5.32 Å². The van der Waals surface area contributed by atoms with Crippen LogP contribution in [0.4, 0.5) is 5.69 Å². The molecule has 21 heavy (non-hydrogen) atoms. The van der Waals surface area contributed by atoms with Crippen molar-refractivity contribution in [3.05, 3.63) is 54.6 Å². The molecule has 110 valence electrons. The van der Waals surface area contributed by atoms with E-state index in [1.165, 1.54) is 12.1 Å². The van der Waals surface area contributed by atoms with Crippen molar-refractivity contribution in [1.29, 1.82) is 0 Å².